The molecule has 6 nitrogen and oxygen atoms in total. The van der Waals surface area contributed by atoms with Gasteiger partial charge in [-0.05, 0) is 19.3 Å². The second-order valence-corrected chi connectivity index (χ2v) is 3.32. The van der Waals surface area contributed by atoms with Gasteiger partial charge in [-0.25, -0.2) is 0 Å². The largest absolute Gasteiger partial charge is 0.391 e. The highest BCUT2D eigenvalue weighted by atomic mass is 16.3. The zero-order valence-electron chi connectivity index (χ0n) is 8.17. The van der Waals surface area contributed by atoms with Crippen molar-refractivity contribution in [2.75, 3.05) is 20.6 Å². The number of aliphatic hydroxyl groups is 1. The number of nitrogens with zero attached hydrogens (tertiary/aromatic N) is 5. The van der Waals surface area contributed by atoms with Crippen LogP contribution in [-0.2, 0) is 13.5 Å². The van der Waals surface area contributed by atoms with E-state index < -0.39 is 6.10 Å². The maximum absolute atomic E-state index is 9.52. The summed E-state index contributed by atoms with van der Waals surface area (Å²) in [7, 11) is 5.52. The summed E-state index contributed by atoms with van der Waals surface area (Å²) in [6, 6.07) is 0. The lowest BCUT2D eigenvalue weighted by atomic mass is 10.2. The van der Waals surface area contributed by atoms with Crippen molar-refractivity contribution >= 4 is 0 Å². The summed E-state index contributed by atoms with van der Waals surface area (Å²) in [5.41, 5.74) is 0. The van der Waals surface area contributed by atoms with E-state index in [9.17, 15) is 5.11 Å². The lowest BCUT2D eigenvalue weighted by Crippen LogP contribution is -2.27. The molecule has 6 heteroatoms. The van der Waals surface area contributed by atoms with Gasteiger partial charge in [0.25, 0.3) is 0 Å². The second kappa shape index (κ2) is 4.29. The molecule has 0 saturated heterocycles. The van der Waals surface area contributed by atoms with Crippen LogP contribution in [0.15, 0.2) is 0 Å². The Kier molecular flexibility index (Phi) is 3.32. The van der Waals surface area contributed by atoms with Crippen LogP contribution in [0.5, 0.6) is 0 Å². The van der Waals surface area contributed by atoms with Crippen molar-refractivity contribution in [3.8, 4) is 0 Å². The van der Waals surface area contributed by atoms with E-state index in [-0.39, 0.29) is 0 Å². The summed E-state index contributed by atoms with van der Waals surface area (Å²) in [5.74, 6) is 0.580. The average molecular weight is 185 g/mol. The first-order valence-electron chi connectivity index (χ1n) is 4.13. The smallest absolute Gasteiger partial charge is 0.177 e. The predicted molar refractivity (Wildman–Crippen MR) is 47.1 cm³/mol. The van der Waals surface area contributed by atoms with E-state index in [1.807, 2.05) is 19.0 Å². The van der Waals surface area contributed by atoms with Gasteiger partial charge in [0.15, 0.2) is 5.82 Å². The Morgan fingerprint density at radius 2 is 2.23 bits per heavy atom. The highest BCUT2D eigenvalue weighted by molar-refractivity contribution is 4.81. The van der Waals surface area contributed by atoms with Crippen LogP contribution in [0.25, 0.3) is 0 Å². The minimum absolute atomic E-state index is 0.431. The molecule has 0 aliphatic heterocycles. The molecular formula is C7H15N5O. The minimum atomic E-state index is -0.431. The summed E-state index contributed by atoms with van der Waals surface area (Å²) < 4.78 is 0. The summed E-state index contributed by atoms with van der Waals surface area (Å²) in [6.45, 7) is 0.609. The number of aromatic nitrogens is 4. The molecular weight excluding hydrogens is 170 g/mol. The average Bonchev–Trinajstić information content (AvgIpc) is 2.33. The Morgan fingerprint density at radius 3 is 2.69 bits per heavy atom. The number of hydrogen-bond donors (Lipinski definition) is 1. The third-order valence-electron chi connectivity index (χ3n) is 1.54. The molecule has 0 fully saturated rings. The van der Waals surface area contributed by atoms with Crippen LogP contribution in [-0.4, -0.2) is 57.0 Å². The van der Waals surface area contributed by atoms with Crippen molar-refractivity contribution in [1.29, 1.82) is 0 Å². The van der Waals surface area contributed by atoms with Gasteiger partial charge in [0, 0.05) is 13.0 Å². The normalized spacial score (nSPS) is 13.6. The monoisotopic (exact) mass is 185 g/mol. The van der Waals surface area contributed by atoms with Crippen molar-refractivity contribution in [1.82, 2.24) is 25.1 Å². The first-order chi connectivity index (χ1) is 6.08. The van der Waals surface area contributed by atoms with Gasteiger partial charge >= 0.3 is 0 Å². The number of aliphatic hydroxyl groups excluding tert-OH is 1. The van der Waals surface area contributed by atoms with Gasteiger partial charge in [-0.15, -0.1) is 10.2 Å². The first-order valence-corrected chi connectivity index (χ1v) is 4.13. The maximum atomic E-state index is 9.52. The molecule has 0 aromatic carbocycles. The lowest BCUT2D eigenvalue weighted by Gasteiger charge is -2.13. The van der Waals surface area contributed by atoms with Crippen LogP contribution in [0.1, 0.15) is 5.82 Å². The van der Waals surface area contributed by atoms with Crippen LogP contribution in [0.2, 0.25) is 0 Å². The molecule has 1 rings (SSSR count). The number of tetrazole rings is 1. The zero-order chi connectivity index (χ0) is 9.84. The molecule has 0 bridgehead atoms. The van der Waals surface area contributed by atoms with Crippen molar-refractivity contribution in [3.63, 3.8) is 0 Å². The summed E-state index contributed by atoms with van der Waals surface area (Å²) in [6.07, 6.45) is 0.0191. The number of hydrogen-bond acceptors (Lipinski definition) is 5. The Labute approximate surface area is 77.2 Å². The Bertz CT molecular complexity index is 259. The molecule has 0 aliphatic carbocycles. The molecule has 0 spiro atoms. The van der Waals surface area contributed by atoms with Gasteiger partial charge in [0.05, 0.1) is 13.2 Å². The van der Waals surface area contributed by atoms with E-state index in [2.05, 4.69) is 15.4 Å². The van der Waals surface area contributed by atoms with E-state index in [0.29, 0.717) is 18.8 Å². The van der Waals surface area contributed by atoms with Gasteiger partial charge in [-0.3, -0.25) is 0 Å². The van der Waals surface area contributed by atoms with Crippen molar-refractivity contribution in [2.24, 2.45) is 7.05 Å². The SMILES string of the molecule is CN(C)CC(O)Cc1nnn(C)n1. The third kappa shape index (κ3) is 3.47. The molecule has 0 radical (unpaired) electrons. The Morgan fingerprint density at radius 1 is 1.54 bits per heavy atom. The van der Waals surface area contributed by atoms with Gasteiger partial charge in [0.2, 0.25) is 0 Å². The van der Waals surface area contributed by atoms with Gasteiger partial charge in [-0.2, -0.15) is 4.80 Å². The molecule has 1 unspecified atom stereocenters. The first kappa shape index (κ1) is 10.1. The highest BCUT2D eigenvalue weighted by Gasteiger charge is 2.10. The van der Waals surface area contributed by atoms with Gasteiger partial charge < -0.3 is 10.0 Å². The van der Waals surface area contributed by atoms with Crippen LogP contribution in [0.3, 0.4) is 0 Å². The van der Waals surface area contributed by atoms with Crippen molar-refractivity contribution in [3.05, 3.63) is 5.82 Å². The van der Waals surface area contributed by atoms with Gasteiger partial charge in [0.1, 0.15) is 0 Å². The third-order valence-corrected chi connectivity index (χ3v) is 1.54. The van der Waals surface area contributed by atoms with Crippen molar-refractivity contribution < 1.29 is 5.11 Å². The zero-order valence-corrected chi connectivity index (χ0v) is 8.17. The van der Waals surface area contributed by atoms with Crippen LogP contribution >= 0.6 is 0 Å². The summed E-state index contributed by atoms with van der Waals surface area (Å²) in [4.78, 5) is 3.30. The minimum Gasteiger partial charge on any atom is -0.391 e. The summed E-state index contributed by atoms with van der Waals surface area (Å²) in [5, 5.41) is 21.0. The molecule has 1 aromatic rings. The molecule has 1 N–H and O–H groups in total. The van der Waals surface area contributed by atoms with E-state index in [1.54, 1.807) is 7.05 Å². The molecule has 1 heterocycles. The molecule has 0 amide bonds. The number of aryl methyl sites for hydroxylation is 1. The molecule has 0 aliphatic rings. The van der Waals surface area contributed by atoms with Crippen LogP contribution in [0, 0.1) is 0 Å². The summed E-state index contributed by atoms with van der Waals surface area (Å²) >= 11 is 0. The highest BCUT2D eigenvalue weighted by Crippen LogP contribution is 1.95. The van der Waals surface area contributed by atoms with E-state index >= 15 is 0 Å². The molecule has 1 atom stereocenters. The van der Waals surface area contributed by atoms with E-state index in [1.165, 1.54) is 4.80 Å². The van der Waals surface area contributed by atoms with Crippen LogP contribution < -0.4 is 0 Å². The topological polar surface area (TPSA) is 67.1 Å². The lowest BCUT2D eigenvalue weighted by molar-refractivity contribution is 0.135. The second-order valence-electron chi connectivity index (χ2n) is 3.32. The quantitative estimate of drug-likeness (QED) is 0.630. The number of rotatable bonds is 4. The van der Waals surface area contributed by atoms with E-state index in [4.69, 9.17) is 0 Å². The fourth-order valence-electron chi connectivity index (χ4n) is 1.10. The maximum Gasteiger partial charge on any atom is 0.177 e. The standard InChI is InChI=1S/C7H15N5O/c1-11(2)5-6(13)4-7-8-10-12(3)9-7/h6,13H,4-5H2,1-3H3. The fraction of sp³-hybridized carbons (Fsp3) is 0.857. The molecule has 0 saturated carbocycles. The number of likely N-dealkylation sites (N-methyl/N-ethyl adjacent to an activating group) is 1. The van der Waals surface area contributed by atoms with Crippen LogP contribution in [0.4, 0.5) is 0 Å². The Balaban J connectivity index is 2.40. The molecule has 1 aromatic heterocycles. The predicted octanol–water partition coefficient (Wildman–Crippen LogP) is -1.32. The molecule has 74 valence electrons. The van der Waals surface area contributed by atoms with E-state index in [0.717, 1.165) is 0 Å². The molecule has 13 heavy (non-hydrogen) atoms. The Hall–Kier alpha value is -1.01. The fourth-order valence-corrected chi connectivity index (χ4v) is 1.10. The van der Waals surface area contributed by atoms with Gasteiger partial charge in [-0.1, -0.05) is 0 Å². The van der Waals surface area contributed by atoms with Crippen molar-refractivity contribution in [2.45, 2.75) is 12.5 Å².